The number of carbonyl (C=O) groups is 1. The number of thioether (sulfide) groups is 1. The summed E-state index contributed by atoms with van der Waals surface area (Å²) in [5, 5.41) is 3.50. The van der Waals surface area contributed by atoms with E-state index in [0.29, 0.717) is 11.8 Å². The molecule has 1 N–H and O–H groups in total. The minimum absolute atomic E-state index is 0.0595. The highest BCUT2D eigenvalue weighted by atomic mass is 32.2. The average molecular weight is 258 g/mol. The Labute approximate surface area is 110 Å². The molecular weight excluding hydrogens is 232 g/mol. The monoisotopic (exact) mass is 258 g/mol. The van der Waals surface area contributed by atoms with Crippen molar-refractivity contribution in [3.63, 3.8) is 0 Å². The molecule has 1 fully saturated rings. The lowest BCUT2D eigenvalue weighted by Crippen LogP contribution is -2.42. The number of amides is 1. The highest BCUT2D eigenvalue weighted by Crippen LogP contribution is 2.20. The molecule has 2 atom stereocenters. The minimum atomic E-state index is 0.0595. The standard InChI is InChI=1S/C13H26N2OS/c1-5-6-7-11-13(16)15(8-9-17-4)12(14-11)10(2)3/h10-12,14H,5-9H2,1-4H3. The molecule has 0 aromatic heterocycles. The van der Waals surface area contributed by atoms with Crippen molar-refractivity contribution < 1.29 is 4.79 Å². The van der Waals surface area contributed by atoms with Gasteiger partial charge in [0.25, 0.3) is 0 Å². The quantitative estimate of drug-likeness (QED) is 0.760. The maximum absolute atomic E-state index is 12.3. The second-order valence-corrected chi connectivity index (χ2v) is 6.06. The van der Waals surface area contributed by atoms with Crippen LogP contribution < -0.4 is 5.32 Å². The molecule has 0 saturated carbocycles. The van der Waals surface area contributed by atoms with Gasteiger partial charge in [0.2, 0.25) is 5.91 Å². The van der Waals surface area contributed by atoms with Crippen LogP contribution in [0.4, 0.5) is 0 Å². The normalized spacial score (nSPS) is 25.0. The van der Waals surface area contributed by atoms with Crippen molar-refractivity contribution >= 4 is 17.7 Å². The number of hydrogen-bond acceptors (Lipinski definition) is 3. The molecular formula is C13H26N2OS. The van der Waals surface area contributed by atoms with E-state index < -0.39 is 0 Å². The number of hydrogen-bond donors (Lipinski definition) is 1. The van der Waals surface area contributed by atoms with Crippen LogP contribution in [0.1, 0.15) is 40.0 Å². The first-order valence-corrected chi connectivity index (χ1v) is 8.06. The Balaban J connectivity index is 2.61. The van der Waals surface area contributed by atoms with Crippen LogP contribution in [-0.4, -0.2) is 41.6 Å². The van der Waals surface area contributed by atoms with E-state index in [9.17, 15) is 4.79 Å². The van der Waals surface area contributed by atoms with Gasteiger partial charge in [0.05, 0.1) is 12.2 Å². The van der Waals surface area contributed by atoms with E-state index in [2.05, 4.69) is 32.3 Å². The maximum atomic E-state index is 12.3. The van der Waals surface area contributed by atoms with Crippen molar-refractivity contribution in [1.29, 1.82) is 0 Å². The lowest BCUT2D eigenvalue weighted by molar-refractivity contribution is -0.130. The number of nitrogens with one attached hydrogen (secondary N) is 1. The third kappa shape index (κ3) is 3.88. The van der Waals surface area contributed by atoms with Gasteiger partial charge in [0, 0.05) is 12.3 Å². The molecule has 0 aromatic rings. The summed E-state index contributed by atoms with van der Waals surface area (Å²) in [5.74, 6) is 1.82. The fraction of sp³-hybridized carbons (Fsp3) is 0.923. The minimum Gasteiger partial charge on any atom is -0.325 e. The predicted molar refractivity (Wildman–Crippen MR) is 75.2 cm³/mol. The second-order valence-electron chi connectivity index (χ2n) is 5.07. The second kappa shape index (κ2) is 7.27. The van der Waals surface area contributed by atoms with E-state index in [4.69, 9.17) is 0 Å². The topological polar surface area (TPSA) is 32.3 Å². The van der Waals surface area contributed by atoms with Gasteiger partial charge in [-0.15, -0.1) is 0 Å². The molecule has 0 aromatic carbocycles. The number of carbonyl (C=O) groups excluding carboxylic acids is 1. The van der Waals surface area contributed by atoms with Gasteiger partial charge in [0.15, 0.2) is 0 Å². The summed E-state index contributed by atoms with van der Waals surface area (Å²) >= 11 is 1.80. The van der Waals surface area contributed by atoms with E-state index in [1.165, 1.54) is 0 Å². The number of nitrogens with zero attached hydrogens (tertiary/aromatic N) is 1. The number of unbranched alkanes of at least 4 members (excludes halogenated alkanes) is 1. The van der Waals surface area contributed by atoms with E-state index in [-0.39, 0.29) is 12.2 Å². The van der Waals surface area contributed by atoms with Crippen molar-refractivity contribution in [3.8, 4) is 0 Å². The molecule has 1 saturated heterocycles. The van der Waals surface area contributed by atoms with Gasteiger partial charge in [-0.05, 0) is 18.6 Å². The van der Waals surface area contributed by atoms with Gasteiger partial charge < -0.3 is 4.90 Å². The van der Waals surface area contributed by atoms with E-state index in [1.807, 2.05) is 4.90 Å². The highest BCUT2D eigenvalue weighted by Gasteiger charge is 2.39. The zero-order chi connectivity index (χ0) is 12.8. The first-order valence-electron chi connectivity index (χ1n) is 6.67. The van der Waals surface area contributed by atoms with E-state index in [1.54, 1.807) is 11.8 Å². The van der Waals surface area contributed by atoms with Crippen LogP contribution in [0.5, 0.6) is 0 Å². The molecule has 0 bridgehead atoms. The van der Waals surface area contributed by atoms with Gasteiger partial charge in [-0.1, -0.05) is 33.6 Å². The molecule has 17 heavy (non-hydrogen) atoms. The molecule has 4 heteroatoms. The first-order chi connectivity index (χ1) is 8.11. The van der Waals surface area contributed by atoms with Gasteiger partial charge in [-0.3, -0.25) is 10.1 Å². The Morgan fingerprint density at radius 2 is 2.18 bits per heavy atom. The Kier molecular flexibility index (Phi) is 6.34. The van der Waals surface area contributed by atoms with Crippen LogP contribution in [-0.2, 0) is 4.79 Å². The summed E-state index contributed by atoms with van der Waals surface area (Å²) in [7, 11) is 0. The number of rotatable bonds is 7. The first kappa shape index (κ1) is 14.8. The molecule has 2 unspecified atom stereocenters. The molecule has 100 valence electrons. The molecule has 1 amide bonds. The van der Waals surface area contributed by atoms with Crippen molar-refractivity contribution in [2.75, 3.05) is 18.6 Å². The van der Waals surface area contributed by atoms with Gasteiger partial charge in [-0.25, -0.2) is 0 Å². The Hall–Kier alpha value is -0.220. The molecule has 0 spiro atoms. The van der Waals surface area contributed by atoms with Crippen molar-refractivity contribution in [1.82, 2.24) is 10.2 Å². The largest absolute Gasteiger partial charge is 0.325 e. The maximum Gasteiger partial charge on any atom is 0.241 e. The summed E-state index contributed by atoms with van der Waals surface area (Å²) in [6, 6.07) is 0.0595. The molecule has 1 rings (SSSR count). The third-order valence-electron chi connectivity index (χ3n) is 3.30. The summed E-state index contributed by atoms with van der Waals surface area (Å²) < 4.78 is 0. The van der Waals surface area contributed by atoms with Crippen molar-refractivity contribution in [2.24, 2.45) is 5.92 Å². The summed E-state index contributed by atoms with van der Waals surface area (Å²) in [6.07, 6.45) is 5.59. The molecule has 1 aliphatic heterocycles. The van der Waals surface area contributed by atoms with Crippen molar-refractivity contribution in [3.05, 3.63) is 0 Å². The van der Waals surface area contributed by atoms with Crippen LogP contribution in [0, 0.1) is 5.92 Å². The molecule has 0 radical (unpaired) electrons. The zero-order valence-electron chi connectivity index (χ0n) is 11.5. The Bertz CT molecular complexity index is 246. The van der Waals surface area contributed by atoms with Crippen LogP contribution in [0.3, 0.4) is 0 Å². The van der Waals surface area contributed by atoms with Gasteiger partial charge in [-0.2, -0.15) is 11.8 Å². The summed E-state index contributed by atoms with van der Waals surface area (Å²) in [4.78, 5) is 14.3. The molecule has 3 nitrogen and oxygen atoms in total. The van der Waals surface area contributed by atoms with Crippen LogP contribution in [0.25, 0.3) is 0 Å². The lowest BCUT2D eigenvalue weighted by atomic mass is 10.1. The zero-order valence-corrected chi connectivity index (χ0v) is 12.3. The highest BCUT2D eigenvalue weighted by molar-refractivity contribution is 7.98. The van der Waals surface area contributed by atoms with Crippen LogP contribution in [0.15, 0.2) is 0 Å². The third-order valence-corrected chi connectivity index (χ3v) is 3.89. The Morgan fingerprint density at radius 3 is 2.71 bits per heavy atom. The smallest absolute Gasteiger partial charge is 0.241 e. The van der Waals surface area contributed by atoms with E-state index in [0.717, 1.165) is 31.6 Å². The van der Waals surface area contributed by atoms with Crippen LogP contribution in [0.2, 0.25) is 0 Å². The SMILES string of the molecule is CCCCC1NC(C(C)C)N(CCSC)C1=O. The van der Waals surface area contributed by atoms with Crippen molar-refractivity contribution in [2.45, 2.75) is 52.2 Å². The predicted octanol–water partition coefficient (Wildman–Crippen LogP) is 2.32. The fourth-order valence-corrected chi connectivity index (χ4v) is 2.69. The van der Waals surface area contributed by atoms with Gasteiger partial charge >= 0.3 is 0 Å². The van der Waals surface area contributed by atoms with E-state index >= 15 is 0 Å². The molecule has 1 aliphatic rings. The van der Waals surface area contributed by atoms with Crippen LogP contribution >= 0.6 is 11.8 Å². The summed E-state index contributed by atoms with van der Waals surface area (Å²) in [5.41, 5.74) is 0. The fourth-order valence-electron chi connectivity index (χ4n) is 2.31. The molecule has 0 aliphatic carbocycles. The Morgan fingerprint density at radius 1 is 1.47 bits per heavy atom. The summed E-state index contributed by atoms with van der Waals surface area (Å²) in [6.45, 7) is 7.40. The lowest BCUT2D eigenvalue weighted by Gasteiger charge is -2.26. The molecule has 1 heterocycles. The average Bonchev–Trinajstić information content (AvgIpc) is 2.61. The van der Waals surface area contributed by atoms with Gasteiger partial charge in [0.1, 0.15) is 0 Å².